The van der Waals surface area contributed by atoms with E-state index in [0.717, 1.165) is 29.9 Å². The monoisotopic (exact) mass is 351 g/mol. The van der Waals surface area contributed by atoms with Crippen LogP contribution >= 0.6 is 0 Å². The first-order valence-electron chi connectivity index (χ1n) is 9.06. The molecule has 2 aromatic carbocycles. The summed E-state index contributed by atoms with van der Waals surface area (Å²) in [6.45, 7) is 4.21. The molecule has 0 radical (unpaired) electrons. The molecule has 0 unspecified atom stereocenters. The number of hydrogen-bond acceptors (Lipinski definition) is 3. The number of anilines is 3. The van der Waals surface area contributed by atoms with E-state index < -0.39 is 0 Å². The van der Waals surface area contributed by atoms with Gasteiger partial charge in [-0.3, -0.25) is 9.59 Å². The highest BCUT2D eigenvalue weighted by Crippen LogP contribution is 2.30. The number of carbonyl (C=O) groups excluding carboxylic acids is 2. The van der Waals surface area contributed by atoms with E-state index >= 15 is 0 Å². The Kier molecular flexibility index (Phi) is 5.56. The van der Waals surface area contributed by atoms with Gasteiger partial charge in [0, 0.05) is 29.0 Å². The molecule has 0 saturated heterocycles. The molecule has 136 valence electrons. The van der Waals surface area contributed by atoms with E-state index in [4.69, 9.17) is 0 Å². The lowest BCUT2D eigenvalue weighted by Crippen LogP contribution is -2.40. The third-order valence-electron chi connectivity index (χ3n) is 4.36. The number of nitrogens with one attached hydrogen (secondary N) is 2. The Labute approximate surface area is 154 Å². The fourth-order valence-corrected chi connectivity index (χ4v) is 2.84. The predicted octanol–water partition coefficient (Wildman–Crippen LogP) is 3.89. The predicted molar refractivity (Wildman–Crippen MR) is 105 cm³/mol. The molecule has 5 nitrogen and oxygen atoms in total. The van der Waals surface area contributed by atoms with Gasteiger partial charge in [0.25, 0.3) is 0 Å². The molecule has 2 amide bonds. The van der Waals surface area contributed by atoms with E-state index in [1.165, 1.54) is 0 Å². The Morgan fingerprint density at radius 2 is 1.62 bits per heavy atom. The number of hydrogen-bond donors (Lipinski definition) is 2. The van der Waals surface area contributed by atoms with Crippen molar-refractivity contribution >= 4 is 28.9 Å². The van der Waals surface area contributed by atoms with E-state index in [0.29, 0.717) is 0 Å². The normalized spacial score (nSPS) is 13.3. The smallest absolute Gasteiger partial charge is 0.246 e. The van der Waals surface area contributed by atoms with Gasteiger partial charge in [-0.15, -0.1) is 0 Å². The van der Waals surface area contributed by atoms with Gasteiger partial charge in [-0.2, -0.15) is 0 Å². The van der Waals surface area contributed by atoms with Gasteiger partial charge >= 0.3 is 0 Å². The van der Waals surface area contributed by atoms with Crippen LogP contribution in [0.5, 0.6) is 0 Å². The minimum atomic E-state index is 0.0114. The number of carbonyl (C=O) groups is 2. The highest BCUT2D eigenvalue weighted by atomic mass is 16.2. The molecule has 2 aromatic rings. The highest BCUT2D eigenvalue weighted by Gasteiger charge is 2.29. The van der Waals surface area contributed by atoms with Crippen molar-refractivity contribution in [2.45, 2.75) is 32.7 Å². The Hall–Kier alpha value is -2.82. The van der Waals surface area contributed by atoms with Crippen LogP contribution in [0, 0.1) is 5.92 Å². The number of benzene rings is 2. The van der Waals surface area contributed by atoms with Crippen molar-refractivity contribution in [2.75, 3.05) is 22.1 Å². The average molecular weight is 351 g/mol. The second-order valence-corrected chi connectivity index (χ2v) is 6.89. The second kappa shape index (κ2) is 8.04. The summed E-state index contributed by atoms with van der Waals surface area (Å²) >= 11 is 0. The van der Waals surface area contributed by atoms with Crippen molar-refractivity contribution in [3.63, 3.8) is 0 Å². The Bertz CT molecular complexity index is 753. The van der Waals surface area contributed by atoms with Crippen LogP contribution in [0.2, 0.25) is 0 Å². The molecular weight excluding hydrogens is 326 g/mol. The van der Waals surface area contributed by atoms with Crippen molar-refractivity contribution in [3.05, 3.63) is 54.6 Å². The Morgan fingerprint density at radius 3 is 2.19 bits per heavy atom. The van der Waals surface area contributed by atoms with Gasteiger partial charge in [0.1, 0.15) is 0 Å². The Morgan fingerprint density at radius 1 is 1.00 bits per heavy atom. The average Bonchev–Trinajstić information content (AvgIpc) is 3.47. The molecule has 0 spiro atoms. The van der Waals surface area contributed by atoms with E-state index in [1.54, 1.807) is 4.90 Å². The van der Waals surface area contributed by atoms with Crippen molar-refractivity contribution in [2.24, 2.45) is 5.92 Å². The van der Waals surface area contributed by atoms with Crippen LogP contribution in [-0.2, 0) is 9.59 Å². The number of nitrogens with zero attached hydrogens (tertiary/aromatic N) is 1. The molecule has 3 rings (SSSR count). The van der Waals surface area contributed by atoms with Gasteiger partial charge in [-0.25, -0.2) is 0 Å². The zero-order chi connectivity index (χ0) is 18.5. The van der Waals surface area contributed by atoms with Crippen molar-refractivity contribution in [1.82, 2.24) is 0 Å². The lowest BCUT2D eigenvalue weighted by atomic mass is 10.2. The molecule has 2 N–H and O–H groups in total. The van der Waals surface area contributed by atoms with E-state index in [1.807, 2.05) is 68.4 Å². The quantitative estimate of drug-likeness (QED) is 0.795. The largest absolute Gasteiger partial charge is 0.376 e. The van der Waals surface area contributed by atoms with Crippen LogP contribution in [-0.4, -0.2) is 24.4 Å². The molecule has 1 saturated carbocycles. The zero-order valence-electron chi connectivity index (χ0n) is 15.2. The summed E-state index contributed by atoms with van der Waals surface area (Å²) in [6.07, 6.45) is 1.97. The fraction of sp³-hybridized carbons (Fsp3) is 0.333. The summed E-state index contributed by atoms with van der Waals surface area (Å²) in [4.78, 5) is 26.2. The fourth-order valence-electron chi connectivity index (χ4n) is 2.84. The molecule has 0 aliphatic heterocycles. The molecule has 1 fully saturated rings. The summed E-state index contributed by atoms with van der Waals surface area (Å²) in [5.74, 6) is 0.291. The number of para-hydroxylation sites is 1. The maximum Gasteiger partial charge on any atom is 0.246 e. The van der Waals surface area contributed by atoms with Gasteiger partial charge in [0.05, 0.1) is 6.54 Å². The molecule has 0 atom stereocenters. The summed E-state index contributed by atoms with van der Waals surface area (Å²) in [5.41, 5.74) is 2.53. The van der Waals surface area contributed by atoms with Gasteiger partial charge in [0.2, 0.25) is 11.8 Å². The standard InChI is InChI=1S/C21H25N3O2/c1-15(2)24(19-6-4-3-5-7-19)20(25)14-22-17-10-12-18(13-11-17)23-21(26)16-8-9-16/h3-7,10-13,15-16,22H,8-9,14H2,1-2H3,(H,23,26). The van der Waals surface area contributed by atoms with Crippen molar-refractivity contribution in [1.29, 1.82) is 0 Å². The van der Waals surface area contributed by atoms with E-state index in [9.17, 15) is 9.59 Å². The highest BCUT2D eigenvalue weighted by molar-refractivity contribution is 5.97. The van der Waals surface area contributed by atoms with Crippen LogP contribution in [0.25, 0.3) is 0 Å². The summed E-state index contributed by atoms with van der Waals surface area (Å²) in [5, 5.41) is 6.07. The minimum Gasteiger partial charge on any atom is -0.376 e. The van der Waals surface area contributed by atoms with Crippen LogP contribution in [0.4, 0.5) is 17.1 Å². The lowest BCUT2D eigenvalue weighted by Gasteiger charge is -2.27. The molecule has 26 heavy (non-hydrogen) atoms. The summed E-state index contributed by atoms with van der Waals surface area (Å²) in [6, 6.07) is 17.2. The molecule has 5 heteroatoms. The third kappa shape index (κ3) is 4.63. The SMILES string of the molecule is CC(C)N(C(=O)CNc1ccc(NC(=O)C2CC2)cc1)c1ccccc1. The first kappa shape index (κ1) is 18.0. The van der Waals surface area contributed by atoms with Crippen molar-refractivity contribution in [3.8, 4) is 0 Å². The maximum absolute atomic E-state index is 12.7. The first-order valence-corrected chi connectivity index (χ1v) is 9.06. The van der Waals surface area contributed by atoms with Gasteiger partial charge in [-0.05, 0) is 63.1 Å². The zero-order valence-corrected chi connectivity index (χ0v) is 15.2. The second-order valence-electron chi connectivity index (χ2n) is 6.89. The molecule has 1 aliphatic rings. The lowest BCUT2D eigenvalue weighted by molar-refractivity contribution is -0.118. The van der Waals surface area contributed by atoms with E-state index in [-0.39, 0.29) is 30.3 Å². The summed E-state index contributed by atoms with van der Waals surface area (Å²) in [7, 11) is 0. The molecule has 1 aliphatic carbocycles. The van der Waals surface area contributed by atoms with Crippen molar-refractivity contribution < 1.29 is 9.59 Å². The van der Waals surface area contributed by atoms with Crippen LogP contribution in [0.3, 0.4) is 0 Å². The topological polar surface area (TPSA) is 61.4 Å². The van der Waals surface area contributed by atoms with Crippen LogP contribution in [0.15, 0.2) is 54.6 Å². The Balaban J connectivity index is 1.57. The van der Waals surface area contributed by atoms with E-state index in [2.05, 4.69) is 10.6 Å². The molecule has 0 bridgehead atoms. The molecule has 0 aromatic heterocycles. The van der Waals surface area contributed by atoms with Gasteiger partial charge < -0.3 is 15.5 Å². The minimum absolute atomic E-state index is 0.0114. The summed E-state index contributed by atoms with van der Waals surface area (Å²) < 4.78 is 0. The van der Waals surface area contributed by atoms with Gasteiger partial charge in [-0.1, -0.05) is 18.2 Å². The first-order chi connectivity index (χ1) is 12.5. The van der Waals surface area contributed by atoms with Crippen LogP contribution in [0.1, 0.15) is 26.7 Å². The van der Waals surface area contributed by atoms with Gasteiger partial charge in [0.15, 0.2) is 0 Å². The molecule has 0 heterocycles. The molecular formula is C21H25N3O2. The number of amides is 2. The maximum atomic E-state index is 12.7. The third-order valence-corrected chi connectivity index (χ3v) is 4.36. The van der Waals surface area contributed by atoms with Crippen LogP contribution < -0.4 is 15.5 Å². The number of rotatable bonds is 7.